The van der Waals surface area contributed by atoms with Crippen molar-refractivity contribution in [1.82, 2.24) is 19.6 Å². The summed E-state index contributed by atoms with van der Waals surface area (Å²) >= 11 is 0. The molecule has 6 rings (SSSR count). The van der Waals surface area contributed by atoms with Crippen LogP contribution in [0.5, 0.6) is 0 Å². The minimum absolute atomic E-state index is 0.469. The summed E-state index contributed by atoms with van der Waals surface area (Å²) in [6.45, 7) is 1.70. The van der Waals surface area contributed by atoms with Gasteiger partial charge in [0.1, 0.15) is 11.6 Å². The highest BCUT2D eigenvalue weighted by Crippen LogP contribution is 2.32. The summed E-state index contributed by atoms with van der Waals surface area (Å²) in [5.41, 5.74) is 10.0. The second kappa shape index (κ2) is 8.09. The van der Waals surface area contributed by atoms with Gasteiger partial charge in [-0.05, 0) is 47.6 Å². The number of hydrogen-bond acceptors (Lipinski definition) is 6. The molecule has 1 aliphatic carbocycles. The second-order valence-electron chi connectivity index (χ2n) is 8.55. The smallest absolute Gasteiger partial charge is 0.256 e. The largest absolute Gasteiger partial charge is 0.461 e. The van der Waals surface area contributed by atoms with Crippen molar-refractivity contribution in [2.24, 2.45) is 5.92 Å². The highest BCUT2D eigenvalue weighted by atomic mass is 16.3. The Morgan fingerprint density at radius 3 is 2.45 bits per heavy atom. The lowest BCUT2D eigenvalue weighted by Gasteiger charge is -2.24. The van der Waals surface area contributed by atoms with E-state index in [4.69, 9.17) is 15.1 Å². The number of nitrogen functional groups attached to an aromatic ring is 1. The van der Waals surface area contributed by atoms with Crippen LogP contribution < -0.4 is 10.6 Å². The summed E-state index contributed by atoms with van der Waals surface area (Å²) in [6.07, 6.45) is 4.12. The molecule has 7 nitrogen and oxygen atoms in total. The Labute approximate surface area is 191 Å². The van der Waals surface area contributed by atoms with Crippen molar-refractivity contribution in [3.8, 4) is 22.7 Å². The Bertz CT molecular complexity index is 1370. The van der Waals surface area contributed by atoms with Gasteiger partial charge in [0.25, 0.3) is 5.78 Å². The summed E-state index contributed by atoms with van der Waals surface area (Å²) in [5, 5.41) is 4.46. The lowest BCUT2D eigenvalue weighted by atomic mass is 10.0. The van der Waals surface area contributed by atoms with Gasteiger partial charge in [0, 0.05) is 19.2 Å². The molecule has 0 unspecified atom stereocenters. The zero-order chi connectivity index (χ0) is 22.2. The minimum atomic E-state index is 0.469. The van der Waals surface area contributed by atoms with Gasteiger partial charge in [-0.15, -0.1) is 5.10 Å². The first kappa shape index (κ1) is 19.5. The lowest BCUT2D eigenvalue weighted by molar-refractivity contribution is 0.577. The van der Waals surface area contributed by atoms with E-state index in [-0.39, 0.29) is 0 Å². The average molecular weight is 437 g/mol. The maximum Gasteiger partial charge on any atom is 0.256 e. The Balaban J connectivity index is 1.30. The maximum absolute atomic E-state index is 6.35. The van der Waals surface area contributed by atoms with Crippen molar-refractivity contribution >= 4 is 17.4 Å². The fourth-order valence-electron chi connectivity index (χ4n) is 4.05. The van der Waals surface area contributed by atoms with Crippen LogP contribution in [-0.4, -0.2) is 26.1 Å². The van der Waals surface area contributed by atoms with Gasteiger partial charge in [-0.2, -0.15) is 14.5 Å². The summed E-state index contributed by atoms with van der Waals surface area (Å²) in [6, 6.07) is 24.7. The SMILES string of the molecule is Nc1cc(N(Cc2ccc(-c3ccccc3)cc2)CC2CC2)nc2nc(-c3ccco3)nn12. The van der Waals surface area contributed by atoms with Gasteiger partial charge >= 0.3 is 0 Å². The average Bonchev–Trinajstić information content (AvgIpc) is 3.31. The second-order valence-corrected chi connectivity index (χ2v) is 8.55. The van der Waals surface area contributed by atoms with Crippen LogP contribution in [0.1, 0.15) is 18.4 Å². The molecule has 0 bridgehead atoms. The normalized spacial score (nSPS) is 13.5. The molecule has 0 spiro atoms. The predicted molar refractivity (Wildman–Crippen MR) is 129 cm³/mol. The minimum Gasteiger partial charge on any atom is -0.461 e. The standard InChI is InChI=1S/C26H24N6O/c27-23-15-24(28-26-29-25(30-32(23)26)22-7-4-14-33-22)31(16-18-8-9-18)17-19-10-12-21(13-11-19)20-5-2-1-3-6-20/h1-7,10-15,18H,8-9,16-17,27H2. The van der Waals surface area contributed by atoms with Crippen molar-refractivity contribution in [1.29, 1.82) is 0 Å². The highest BCUT2D eigenvalue weighted by molar-refractivity contribution is 5.64. The van der Waals surface area contributed by atoms with E-state index in [2.05, 4.69) is 63.5 Å². The zero-order valence-electron chi connectivity index (χ0n) is 18.1. The van der Waals surface area contributed by atoms with Crippen molar-refractivity contribution in [2.45, 2.75) is 19.4 Å². The lowest BCUT2D eigenvalue weighted by Crippen LogP contribution is -2.26. The van der Waals surface area contributed by atoms with Gasteiger partial charge in [-0.3, -0.25) is 0 Å². The van der Waals surface area contributed by atoms with Gasteiger partial charge in [0.05, 0.1) is 6.26 Å². The van der Waals surface area contributed by atoms with Crippen LogP contribution >= 0.6 is 0 Å². The van der Waals surface area contributed by atoms with Crippen LogP contribution in [0.4, 0.5) is 11.6 Å². The van der Waals surface area contributed by atoms with E-state index >= 15 is 0 Å². The summed E-state index contributed by atoms with van der Waals surface area (Å²) in [4.78, 5) is 11.6. The molecule has 164 valence electrons. The molecule has 33 heavy (non-hydrogen) atoms. The van der Waals surface area contributed by atoms with E-state index in [1.165, 1.54) is 29.5 Å². The molecule has 3 aromatic heterocycles. The molecule has 0 aliphatic heterocycles. The number of furan rings is 1. The molecule has 0 atom stereocenters. The molecular weight excluding hydrogens is 412 g/mol. The van der Waals surface area contributed by atoms with E-state index < -0.39 is 0 Å². The van der Waals surface area contributed by atoms with Crippen LogP contribution in [0.15, 0.2) is 83.5 Å². The van der Waals surface area contributed by atoms with E-state index in [9.17, 15) is 0 Å². The van der Waals surface area contributed by atoms with Gasteiger partial charge in [-0.25, -0.2) is 0 Å². The molecule has 1 saturated carbocycles. The molecular formula is C26H24N6O. The Morgan fingerprint density at radius 1 is 0.939 bits per heavy atom. The molecule has 2 aromatic carbocycles. The van der Waals surface area contributed by atoms with Crippen LogP contribution in [0.25, 0.3) is 28.5 Å². The van der Waals surface area contributed by atoms with Gasteiger partial charge < -0.3 is 15.1 Å². The molecule has 2 N–H and O–H groups in total. The van der Waals surface area contributed by atoms with E-state index in [1.807, 2.05) is 24.3 Å². The summed E-state index contributed by atoms with van der Waals surface area (Å²) < 4.78 is 6.99. The number of anilines is 2. The third-order valence-corrected chi connectivity index (χ3v) is 6.00. The monoisotopic (exact) mass is 436 g/mol. The number of fused-ring (bicyclic) bond motifs is 1. The molecule has 5 aromatic rings. The fraction of sp³-hybridized carbons (Fsp3) is 0.192. The number of hydrogen-bond donors (Lipinski definition) is 1. The first-order valence-electron chi connectivity index (χ1n) is 11.2. The van der Waals surface area contributed by atoms with Crippen molar-refractivity contribution in [3.63, 3.8) is 0 Å². The van der Waals surface area contributed by atoms with Crippen LogP contribution in [0, 0.1) is 5.92 Å². The number of aromatic nitrogens is 4. The first-order chi connectivity index (χ1) is 16.2. The third kappa shape index (κ3) is 4.05. The fourth-order valence-corrected chi connectivity index (χ4v) is 4.05. The molecule has 0 radical (unpaired) electrons. The quantitative estimate of drug-likeness (QED) is 0.384. The molecule has 1 fully saturated rings. The Hall–Kier alpha value is -4.13. The number of benzene rings is 2. The zero-order valence-corrected chi connectivity index (χ0v) is 18.1. The van der Waals surface area contributed by atoms with Gasteiger partial charge in [0.2, 0.25) is 5.82 Å². The predicted octanol–water partition coefficient (Wildman–Crippen LogP) is 5.05. The van der Waals surface area contributed by atoms with Crippen LogP contribution in [-0.2, 0) is 6.54 Å². The molecule has 1 aliphatic rings. The molecule has 7 heteroatoms. The third-order valence-electron chi connectivity index (χ3n) is 6.00. The van der Waals surface area contributed by atoms with Crippen LogP contribution in [0.3, 0.4) is 0 Å². The van der Waals surface area contributed by atoms with E-state index in [0.29, 0.717) is 29.1 Å². The number of nitrogens with two attached hydrogens (primary N) is 1. The molecule has 0 saturated heterocycles. The van der Waals surface area contributed by atoms with Crippen molar-refractivity contribution in [3.05, 3.63) is 84.6 Å². The first-order valence-corrected chi connectivity index (χ1v) is 11.2. The highest BCUT2D eigenvalue weighted by Gasteiger charge is 2.26. The molecule has 3 heterocycles. The maximum atomic E-state index is 6.35. The topological polar surface area (TPSA) is 85.5 Å². The van der Waals surface area contributed by atoms with E-state index in [0.717, 1.165) is 18.9 Å². The van der Waals surface area contributed by atoms with E-state index in [1.54, 1.807) is 10.8 Å². The van der Waals surface area contributed by atoms with Crippen molar-refractivity contribution in [2.75, 3.05) is 17.2 Å². The number of rotatable bonds is 7. The Kier molecular flexibility index (Phi) is 4.79. The van der Waals surface area contributed by atoms with Crippen molar-refractivity contribution < 1.29 is 4.42 Å². The molecule has 0 amide bonds. The number of nitrogens with zero attached hydrogens (tertiary/aromatic N) is 5. The Morgan fingerprint density at radius 2 is 1.73 bits per heavy atom. The van der Waals surface area contributed by atoms with Gasteiger partial charge in [0.15, 0.2) is 5.76 Å². The van der Waals surface area contributed by atoms with Gasteiger partial charge in [-0.1, -0.05) is 54.6 Å². The summed E-state index contributed by atoms with van der Waals surface area (Å²) in [7, 11) is 0. The van der Waals surface area contributed by atoms with Crippen LogP contribution in [0.2, 0.25) is 0 Å². The summed E-state index contributed by atoms with van der Waals surface area (Å²) in [5.74, 6) is 3.55.